The molecule has 0 unspecified atom stereocenters. The van der Waals surface area contributed by atoms with Crippen molar-refractivity contribution >= 4 is 11.9 Å². The van der Waals surface area contributed by atoms with Gasteiger partial charge in [0, 0.05) is 12.5 Å². The van der Waals surface area contributed by atoms with Crippen LogP contribution in [0.15, 0.2) is 23.3 Å². The Kier molecular flexibility index (Phi) is 4.52. The number of esters is 2. The topological polar surface area (TPSA) is 72.8 Å². The second-order valence-corrected chi connectivity index (χ2v) is 5.80. The van der Waals surface area contributed by atoms with Gasteiger partial charge < -0.3 is 14.6 Å². The van der Waals surface area contributed by atoms with E-state index in [2.05, 4.69) is 0 Å². The van der Waals surface area contributed by atoms with Crippen molar-refractivity contribution < 1.29 is 24.2 Å². The monoisotopic (exact) mass is 294 g/mol. The first-order valence-corrected chi connectivity index (χ1v) is 7.14. The van der Waals surface area contributed by atoms with E-state index in [0.29, 0.717) is 12.8 Å². The lowest BCUT2D eigenvalue weighted by Gasteiger charge is -2.23. The molecule has 2 atom stereocenters. The lowest BCUT2D eigenvalue weighted by Crippen LogP contribution is -2.39. The van der Waals surface area contributed by atoms with Crippen molar-refractivity contribution in [2.24, 2.45) is 17.3 Å². The molecule has 0 amide bonds. The van der Waals surface area contributed by atoms with Crippen LogP contribution in [0.25, 0.3) is 0 Å². The van der Waals surface area contributed by atoms with Crippen molar-refractivity contribution in [1.82, 2.24) is 0 Å². The first-order valence-electron chi connectivity index (χ1n) is 7.14. The van der Waals surface area contributed by atoms with Gasteiger partial charge >= 0.3 is 11.9 Å². The molecule has 116 valence electrons. The Balaban J connectivity index is 2.45. The first kappa shape index (κ1) is 15.8. The summed E-state index contributed by atoms with van der Waals surface area (Å²) in [5.74, 6) is -1.01. The van der Waals surface area contributed by atoms with Gasteiger partial charge in [0.05, 0.1) is 14.2 Å². The van der Waals surface area contributed by atoms with Crippen molar-refractivity contribution in [2.45, 2.75) is 26.2 Å². The summed E-state index contributed by atoms with van der Waals surface area (Å²) in [7, 11) is 2.57. The third kappa shape index (κ3) is 2.50. The Bertz CT molecular complexity index is 487. The molecular formula is C16H22O5. The Labute approximate surface area is 124 Å². The molecule has 21 heavy (non-hydrogen) atoms. The highest BCUT2D eigenvalue weighted by Crippen LogP contribution is 2.50. The smallest absolute Gasteiger partial charge is 0.323 e. The van der Waals surface area contributed by atoms with E-state index in [1.54, 1.807) is 0 Å². The number of carbonyl (C=O) groups excluding carboxylic acids is 2. The van der Waals surface area contributed by atoms with Crippen LogP contribution in [0.2, 0.25) is 0 Å². The number of methoxy groups -OCH3 is 2. The van der Waals surface area contributed by atoms with Crippen LogP contribution in [0, 0.1) is 17.3 Å². The number of aliphatic hydroxyl groups is 1. The number of hydrogen-bond acceptors (Lipinski definition) is 5. The number of hydrogen-bond donors (Lipinski definition) is 1. The SMILES string of the molecule is COC(=O)C1(C(=O)OC)CC2=C(C)[C@@H](CO)CC=C[C@H]2C1. The molecule has 0 aromatic carbocycles. The number of aliphatic hydroxyl groups excluding tert-OH is 1. The molecule has 0 aliphatic heterocycles. The number of rotatable bonds is 3. The van der Waals surface area contributed by atoms with E-state index in [4.69, 9.17) is 9.47 Å². The summed E-state index contributed by atoms with van der Waals surface area (Å²) in [5.41, 5.74) is 0.868. The highest BCUT2D eigenvalue weighted by molar-refractivity contribution is 6.01. The van der Waals surface area contributed by atoms with Crippen LogP contribution in [0.4, 0.5) is 0 Å². The van der Waals surface area contributed by atoms with Crippen molar-refractivity contribution in [3.63, 3.8) is 0 Å². The Morgan fingerprint density at radius 1 is 1.33 bits per heavy atom. The number of carbonyl (C=O) groups is 2. The minimum Gasteiger partial charge on any atom is -0.468 e. The zero-order valence-electron chi connectivity index (χ0n) is 12.7. The van der Waals surface area contributed by atoms with Crippen LogP contribution in [-0.2, 0) is 19.1 Å². The fourth-order valence-electron chi connectivity index (χ4n) is 3.49. The Morgan fingerprint density at radius 3 is 2.48 bits per heavy atom. The minimum atomic E-state index is -1.26. The Hall–Kier alpha value is -1.62. The standard InChI is InChI=1S/C16H22O5/c1-10-12(9-17)6-4-5-11-7-16(8-13(10)11,14(18)20-2)15(19)21-3/h4-5,11-12,17H,6-9H2,1-3H3/t11-,12+/m0/s1. The maximum atomic E-state index is 12.2. The van der Waals surface area contributed by atoms with Crippen molar-refractivity contribution in [1.29, 1.82) is 0 Å². The Morgan fingerprint density at radius 2 is 1.95 bits per heavy atom. The van der Waals surface area contributed by atoms with Crippen molar-refractivity contribution in [3.8, 4) is 0 Å². The summed E-state index contributed by atoms with van der Waals surface area (Å²) >= 11 is 0. The minimum absolute atomic E-state index is 0.0275. The van der Waals surface area contributed by atoms with Gasteiger partial charge in [-0.3, -0.25) is 9.59 Å². The predicted molar refractivity (Wildman–Crippen MR) is 76.2 cm³/mol. The molecule has 1 fully saturated rings. The van der Waals surface area contributed by atoms with Crippen LogP contribution >= 0.6 is 0 Å². The third-order valence-electron chi connectivity index (χ3n) is 4.79. The van der Waals surface area contributed by atoms with Gasteiger partial charge in [-0.2, -0.15) is 0 Å². The molecule has 1 saturated carbocycles. The van der Waals surface area contributed by atoms with Crippen LogP contribution in [-0.4, -0.2) is 37.9 Å². The van der Waals surface area contributed by atoms with Gasteiger partial charge in [0.15, 0.2) is 5.41 Å². The summed E-state index contributed by atoms with van der Waals surface area (Å²) in [4.78, 5) is 24.4. The first-order chi connectivity index (χ1) is 10.00. The fraction of sp³-hybridized carbons (Fsp3) is 0.625. The van der Waals surface area contributed by atoms with Crippen LogP contribution < -0.4 is 0 Å². The van der Waals surface area contributed by atoms with Crippen LogP contribution in [0.3, 0.4) is 0 Å². The molecule has 1 N–H and O–H groups in total. The summed E-state index contributed by atoms with van der Waals surface area (Å²) in [6, 6.07) is 0. The van der Waals surface area contributed by atoms with Gasteiger partial charge in [-0.1, -0.05) is 23.3 Å². The largest absolute Gasteiger partial charge is 0.468 e. The van der Waals surface area contributed by atoms with Gasteiger partial charge in [-0.05, 0) is 32.1 Å². The fourth-order valence-corrected chi connectivity index (χ4v) is 3.49. The van der Waals surface area contributed by atoms with E-state index in [-0.39, 0.29) is 18.4 Å². The van der Waals surface area contributed by atoms with Gasteiger partial charge in [-0.25, -0.2) is 0 Å². The van der Waals surface area contributed by atoms with Crippen LogP contribution in [0.1, 0.15) is 26.2 Å². The number of ether oxygens (including phenoxy) is 2. The number of fused-ring (bicyclic) bond motifs is 1. The van der Waals surface area contributed by atoms with E-state index in [9.17, 15) is 14.7 Å². The normalized spacial score (nSPS) is 27.0. The molecule has 5 nitrogen and oxygen atoms in total. The van der Waals surface area contributed by atoms with E-state index >= 15 is 0 Å². The second-order valence-electron chi connectivity index (χ2n) is 5.80. The lowest BCUT2D eigenvalue weighted by atomic mass is 9.84. The molecule has 0 aromatic heterocycles. The molecule has 0 spiro atoms. The third-order valence-corrected chi connectivity index (χ3v) is 4.79. The zero-order chi connectivity index (χ0) is 15.6. The number of allylic oxidation sites excluding steroid dienone is 3. The van der Waals surface area contributed by atoms with Gasteiger partial charge in [-0.15, -0.1) is 0 Å². The predicted octanol–water partition coefficient (Wildman–Crippen LogP) is 1.61. The maximum absolute atomic E-state index is 12.2. The molecule has 0 saturated heterocycles. The lowest BCUT2D eigenvalue weighted by molar-refractivity contribution is -0.168. The summed E-state index contributed by atoms with van der Waals surface area (Å²) in [6.45, 7) is 2.04. The average molecular weight is 294 g/mol. The highest BCUT2D eigenvalue weighted by Gasteiger charge is 2.55. The van der Waals surface area contributed by atoms with E-state index in [0.717, 1.165) is 17.6 Å². The molecule has 0 bridgehead atoms. The molecule has 0 radical (unpaired) electrons. The molecule has 2 rings (SSSR count). The summed E-state index contributed by atoms with van der Waals surface area (Å²) in [5, 5.41) is 9.50. The second kappa shape index (κ2) is 6.02. The molecule has 2 aliphatic rings. The van der Waals surface area contributed by atoms with E-state index < -0.39 is 17.4 Å². The maximum Gasteiger partial charge on any atom is 0.323 e. The highest BCUT2D eigenvalue weighted by atomic mass is 16.5. The van der Waals surface area contributed by atoms with Gasteiger partial charge in [0.25, 0.3) is 0 Å². The molecule has 5 heteroatoms. The molecule has 0 heterocycles. The molecular weight excluding hydrogens is 272 g/mol. The summed E-state index contributed by atoms with van der Waals surface area (Å²) < 4.78 is 9.70. The molecule has 0 aromatic rings. The molecule has 2 aliphatic carbocycles. The quantitative estimate of drug-likeness (QED) is 0.486. The van der Waals surface area contributed by atoms with E-state index in [1.807, 2.05) is 19.1 Å². The van der Waals surface area contributed by atoms with Gasteiger partial charge in [0.2, 0.25) is 0 Å². The van der Waals surface area contributed by atoms with E-state index in [1.165, 1.54) is 14.2 Å². The zero-order valence-corrected chi connectivity index (χ0v) is 12.7. The van der Waals surface area contributed by atoms with Gasteiger partial charge in [0.1, 0.15) is 0 Å². The average Bonchev–Trinajstić information content (AvgIpc) is 2.83. The van der Waals surface area contributed by atoms with Crippen LogP contribution in [0.5, 0.6) is 0 Å². The van der Waals surface area contributed by atoms with Crippen molar-refractivity contribution in [3.05, 3.63) is 23.3 Å². The van der Waals surface area contributed by atoms with Crippen molar-refractivity contribution in [2.75, 3.05) is 20.8 Å². The summed E-state index contributed by atoms with van der Waals surface area (Å²) in [6.07, 6.45) is 5.51.